The lowest BCUT2D eigenvalue weighted by molar-refractivity contribution is 0.0887. The van der Waals surface area contributed by atoms with Gasteiger partial charge in [0.15, 0.2) is 5.78 Å². The summed E-state index contributed by atoms with van der Waals surface area (Å²) in [6.07, 6.45) is 3.41. The third kappa shape index (κ3) is 3.35. The van der Waals surface area contributed by atoms with Crippen molar-refractivity contribution in [2.45, 2.75) is 33.1 Å². The fourth-order valence-electron chi connectivity index (χ4n) is 3.88. The quantitative estimate of drug-likeness (QED) is 0.606. The molecule has 120 valence electrons. The van der Waals surface area contributed by atoms with Crippen LogP contribution in [0.1, 0.15) is 43.5 Å². The summed E-state index contributed by atoms with van der Waals surface area (Å²) in [5, 5.41) is 0.737. The number of ketones is 1. The molecule has 3 rings (SSSR count). The van der Waals surface area contributed by atoms with E-state index >= 15 is 0 Å². The molecule has 1 aliphatic rings. The Kier molecular flexibility index (Phi) is 4.87. The first-order valence-electron chi connectivity index (χ1n) is 8.50. The summed E-state index contributed by atoms with van der Waals surface area (Å²) in [6, 6.07) is 15.8. The molecule has 2 aromatic rings. The molecule has 0 amide bonds. The highest BCUT2D eigenvalue weighted by molar-refractivity contribution is 6.30. The smallest absolute Gasteiger partial charge is 0.166 e. The number of hydrogen-bond donors (Lipinski definition) is 0. The normalized spacial score (nSPS) is 23.9. The molecule has 1 fully saturated rings. The van der Waals surface area contributed by atoms with E-state index in [9.17, 15) is 4.79 Å². The number of carbonyl (C=O) groups is 1. The molecular formula is C21H23ClO. The first kappa shape index (κ1) is 16.3. The molecule has 1 nitrogen and oxygen atoms in total. The Hall–Kier alpha value is -1.60. The zero-order valence-electron chi connectivity index (χ0n) is 13.8. The van der Waals surface area contributed by atoms with Crippen LogP contribution in [0.4, 0.5) is 0 Å². The summed E-state index contributed by atoms with van der Waals surface area (Å²) in [7, 11) is 0. The standard InChI is InChI=1S/C21H23ClO/c1-3-15-10-13-20(14(15)2)21(23)18-6-4-16(5-7-18)17-8-11-19(22)12-9-17/h4-9,11-12,14-15,20H,3,10,13H2,1-2H3. The minimum absolute atomic E-state index is 0.196. The maximum Gasteiger partial charge on any atom is 0.166 e. The Morgan fingerprint density at radius 3 is 2.09 bits per heavy atom. The molecule has 3 atom stereocenters. The summed E-state index contributed by atoms with van der Waals surface area (Å²) in [4.78, 5) is 12.8. The maximum atomic E-state index is 12.8. The SMILES string of the molecule is CCC1CCC(C(=O)c2ccc(-c3ccc(Cl)cc3)cc2)C1C. The summed E-state index contributed by atoms with van der Waals surface area (Å²) in [6.45, 7) is 4.47. The van der Waals surface area contributed by atoms with E-state index in [0.717, 1.165) is 28.1 Å². The van der Waals surface area contributed by atoms with E-state index in [1.807, 2.05) is 48.5 Å². The number of halogens is 1. The lowest BCUT2D eigenvalue weighted by Gasteiger charge is -2.18. The predicted molar refractivity (Wildman–Crippen MR) is 96.9 cm³/mol. The molecule has 2 aromatic carbocycles. The molecule has 0 saturated heterocycles. The lowest BCUT2D eigenvalue weighted by Crippen LogP contribution is -2.20. The molecule has 23 heavy (non-hydrogen) atoms. The third-order valence-corrected chi connectivity index (χ3v) is 5.69. The molecule has 0 heterocycles. The van der Waals surface area contributed by atoms with E-state index in [2.05, 4.69) is 13.8 Å². The third-order valence-electron chi connectivity index (χ3n) is 5.43. The summed E-state index contributed by atoms with van der Waals surface area (Å²) in [5.41, 5.74) is 3.08. The second-order valence-electron chi connectivity index (χ2n) is 6.66. The summed E-state index contributed by atoms with van der Waals surface area (Å²) >= 11 is 5.93. The predicted octanol–water partition coefficient (Wildman–Crippen LogP) is 6.26. The van der Waals surface area contributed by atoms with Gasteiger partial charge in [0.25, 0.3) is 0 Å². The van der Waals surface area contributed by atoms with E-state index in [-0.39, 0.29) is 5.92 Å². The number of rotatable bonds is 4. The fourth-order valence-corrected chi connectivity index (χ4v) is 4.00. The van der Waals surface area contributed by atoms with Crippen LogP contribution >= 0.6 is 11.6 Å². The van der Waals surface area contributed by atoms with Crippen LogP contribution in [0.2, 0.25) is 5.02 Å². The van der Waals surface area contributed by atoms with Gasteiger partial charge in [0.2, 0.25) is 0 Å². The van der Waals surface area contributed by atoms with Crippen LogP contribution in [0.5, 0.6) is 0 Å². The van der Waals surface area contributed by atoms with Crippen molar-refractivity contribution in [3.05, 3.63) is 59.1 Å². The average Bonchev–Trinajstić information content (AvgIpc) is 2.96. The largest absolute Gasteiger partial charge is 0.294 e. The highest BCUT2D eigenvalue weighted by Crippen LogP contribution is 2.40. The topological polar surface area (TPSA) is 17.1 Å². The first-order chi connectivity index (χ1) is 11.1. The molecule has 3 unspecified atom stereocenters. The van der Waals surface area contributed by atoms with Crippen LogP contribution in [0.3, 0.4) is 0 Å². The van der Waals surface area contributed by atoms with Gasteiger partial charge in [-0.1, -0.05) is 68.3 Å². The lowest BCUT2D eigenvalue weighted by atomic mass is 9.85. The molecule has 1 aliphatic carbocycles. The molecular weight excluding hydrogens is 304 g/mol. The van der Waals surface area contributed by atoms with Crippen molar-refractivity contribution in [2.75, 3.05) is 0 Å². The van der Waals surface area contributed by atoms with Crippen molar-refractivity contribution >= 4 is 17.4 Å². The number of hydrogen-bond acceptors (Lipinski definition) is 1. The van der Waals surface area contributed by atoms with Crippen molar-refractivity contribution in [1.82, 2.24) is 0 Å². The van der Waals surface area contributed by atoms with Crippen molar-refractivity contribution in [1.29, 1.82) is 0 Å². The Balaban J connectivity index is 1.77. The monoisotopic (exact) mass is 326 g/mol. The van der Waals surface area contributed by atoms with Crippen molar-refractivity contribution < 1.29 is 4.79 Å². The highest BCUT2D eigenvalue weighted by atomic mass is 35.5. The van der Waals surface area contributed by atoms with Gasteiger partial charge in [-0.3, -0.25) is 4.79 Å². The summed E-state index contributed by atoms with van der Waals surface area (Å²) < 4.78 is 0. The van der Waals surface area contributed by atoms with E-state index in [0.29, 0.717) is 17.6 Å². The van der Waals surface area contributed by atoms with Gasteiger partial charge >= 0.3 is 0 Å². The minimum atomic E-state index is 0.196. The van der Waals surface area contributed by atoms with Gasteiger partial charge in [-0.05, 0) is 47.9 Å². The van der Waals surface area contributed by atoms with E-state index in [4.69, 9.17) is 11.6 Å². The van der Waals surface area contributed by atoms with E-state index in [1.54, 1.807) is 0 Å². The van der Waals surface area contributed by atoms with Crippen LogP contribution < -0.4 is 0 Å². The molecule has 0 radical (unpaired) electrons. The summed E-state index contributed by atoms with van der Waals surface area (Å²) in [5.74, 6) is 1.72. The van der Waals surface area contributed by atoms with Crippen LogP contribution in [0.25, 0.3) is 11.1 Å². The molecule has 0 spiro atoms. The van der Waals surface area contributed by atoms with Crippen LogP contribution in [-0.2, 0) is 0 Å². The zero-order valence-corrected chi connectivity index (χ0v) is 14.5. The second-order valence-corrected chi connectivity index (χ2v) is 7.10. The average molecular weight is 327 g/mol. The van der Waals surface area contributed by atoms with Crippen molar-refractivity contribution in [3.8, 4) is 11.1 Å². The maximum absolute atomic E-state index is 12.8. The molecule has 0 bridgehead atoms. The van der Waals surface area contributed by atoms with E-state index < -0.39 is 0 Å². The van der Waals surface area contributed by atoms with Crippen LogP contribution in [-0.4, -0.2) is 5.78 Å². The number of Topliss-reactive ketones (excluding diaryl/α,β-unsaturated/α-hetero) is 1. The van der Waals surface area contributed by atoms with Crippen LogP contribution in [0.15, 0.2) is 48.5 Å². The highest BCUT2D eigenvalue weighted by Gasteiger charge is 2.36. The molecule has 1 saturated carbocycles. The van der Waals surface area contributed by atoms with Gasteiger partial charge in [0.05, 0.1) is 0 Å². The van der Waals surface area contributed by atoms with Gasteiger partial charge in [-0.15, -0.1) is 0 Å². The number of benzene rings is 2. The van der Waals surface area contributed by atoms with Gasteiger partial charge < -0.3 is 0 Å². The molecule has 2 heteroatoms. The van der Waals surface area contributed by atoms with Gasteiger partial charge in [-0.25, -0.2) is 0 Å². The first-order valence-corrected chi connectivity index (χ1v) is 8.88. The van der Waals surface area contributed by atoms with Crippen molar-refractivity contribution in [3.63, 3.8) is 0 Å². The Morgan fingerprint density at radius 2 is 1.57 bits per heavy atom. The van der Waals surface area contributed by atoms with Crippen molar-refractivity contribution in [2.24, 2.45) is 17.8 Å². The van der Waals surface area contributed by atoms with Gasteiger partial charge in [0, 0.05) is 16.5 Å². The molecule has 0 aliphatic heterocycles. The molecule has 0 N–H and O–H groups in total. The Morgan fingerprint density at radius 1 is 1.00 bits per heavy atom. The second kappa shape index (κ2) is 6.88. The van der Waals surface area contributed by atoms with Gasteiger partial charge in [0.1, 0.15) is 0 Å². The minimum Gasteiger partial charge on any atom is -0.294 e. The Bertz CT molecular complexity index is 672. The zero-order chi connectivity index (χ0) is 16.4. The Labute approximate surface area is 143 Å². The van der Waals surface area contributed by atoms with Gasteiger partial charge in [-0.2, -0.15) is 0 Å². The molecule has 0 aromatic heterocycles. The van der Waals surface area contributed by atoms with Crippen LogP contribution in [0, 0.1) is 17.8 Å². The van der Waals surface area contributed by atoms with E-state index in [1.165, 1.54) is 12.8 Å². The number of carbonyl (C=O) groups excluding carboxylic acids is 1. The fraction of sp³-hybridized carbons (Fsp3) is 0.381.